The molecule has 0 spiro atoms. The van der Waals surface area contributed by atoms with Gasteiger partial charge in [0.05, 0.1) is 0 Å². The summed E-state index contributed by atoms with van der Waals surface area (Å²) in [5, 5.41) is 2.97. The van der Waals surface area contributed by atoms with Crippen molar-refractivity contribution in [3.8, 4) is 33.4 Å². The topological polar surface area (TPSA) is 0 Å². The summed E-state index contributed by atoms with van der Waals surface area (Å²) in [6, 6.07) is 22.5. The summed E-state index contributed by atoms with van der Waals surface area (Å²) in [4.78, 5) is 0. The van der Waals surface area contributed by atoms with Crippen molar-refractivity contribution in [1.82, 2.24) is 0 Å². The molecule has 388 valence electrons. The van der Waals surface area contributed by atoms with Crippen LogP contribution < -0.4 is 43.2 Å². The Morgan fingerprint density at radius 2 is 0.571 bits per heavy atom. The maximum absolute atomic E-state index is 15.4. The predicted molar refractivity (Wildman–Crippen MR) is 251 cm³/mol. The van der Waals surface area contributed by atoms with Crippen LogP contribution >= 0.6 is 0 Å². The zero-order valence-electron chi connectivity index (χ0n) is 38.5. The van der Waals surface area contributed by atoms with Crippen LogP contribution in [0.2, 0.25) is 13.1 Å². The first kappa shape index (κ1) is 52.6. The van der Waals surface area contributed by atoms with E-state index in [-0.39, 0.29) is 5.56 Å². The highest BCUT2D eigenvalue weighted by atomic mass is 28.3. The molecule has 0 aromatic heterocycles. The molecule has 0 N–H and O–H groups in total. The highest BCUT2D eigenvalue weighted by molar-refractivity contribution is 7.03. The SMILES string of the molecule is C[Si]1(C)c2cc(-c3ccc(B(c4c(F)c(F)c(F)c(F)c4F)c4c(F)c(F)c(F)c(F)c4F)cc3)ccc2-c2ccc(-c3ccc(B(c4c(F)c(F)c(F)c(F)c4F)c4c(F)c(F)c(F)c(F)c4F)cc3)c3cccc1c23. The summed E-state index contributed by atoms with van der Waals surface area (Å²) in [5.74, 6) is -51.9. The Labute approximate surface area is 422 Å². The monoisotopic (exact) mass is 1100 g/mol. The Balaban J connectivity index is 1.06. The number of halogens is 20. The van der Waals surface area contributed by atoms with Crippen LogP contribution in [-0.4, -0.2) is 21.5 Å². The zero-order valence-corrected chi connectivity index (χ0v) is 39.5. The number of hydrogen-bond donors (Lipinski definition) is 0. The van der Waals surface area contributed by atoms with Gasteiger partial charge in [-0.05, 0) is 54.5 Å². The molecule has 23 heteroatoms. The Kier molecular flexibility index (Phi) is 12.8. The van der Waals surface area contributed by atoms with Crippen molar-refractivity contribution in [2.45, 2.75) is 13.1 Å². The van der Waals surface area contributed by atoms with Crippen molar-refractivity contribution in [2.75, 3.05) is 0 Å². The van der Waals surface area contributed by atoms with Gasteiger partial charge in [-0.3, -0.25) is 0 Å². The van der Waals surface area contributed by atoms with Gasteiger partial charge in [0.15, 0.2) is 116 Å². The van der Waals surface area contributed by atoms with E-state index in [1.165, 1.54) is 24.3 Å². The molecule has 0 fully saturated rings. The second kappa shape index (κ2) is 18.7. The first-order valence-electron chi connectivity index (χ1n) is 22.3. The molecule has 0 saturated heterocycles. The van der Waals surface area contributed by atoms with Gasteiger partial charge in [0.1, 0.15) is 8.07 Å². The van der Waals surface area contributed by atoms with Crippen LogP contribution in [0.5, 0.6) is 0 Å². The molecular formula is C54H22B2F20Si. The van der Waals surface area contributed by atoms with Crippen LogP contribution in [-0.2, 0) is 0 Å². The van der Waals surface area contributed by atoms with Gasteiger partial charge in [0.25, 0.3) is 13.4 Å². The molecule has 10 rings (SSSR count). The van der Waals surface area contributed by atoms with Crippen LogP contribution in [0, 0.1) is 116 Å². The minimum absolute atomic E-state index is 0.290. The Morgan fingerprint density at radius 1 is 0.273 bits per heavy atom. The summed E-state index contributed by atoms with van der Waals surface area (Å²) >= 11 is 0. The van der Waals surface area contributed by atoms with Crippen LogP contribution in [0.15, 0.2) is 97.1 Å². The lowest BCUT2D eigenvalue weighted by Crippen LogP contribution is -2.58. The molecule has 0 unspecified atom stereocenters. The average Bonchev–Trinajstić information content (AvgIpc) is 3.45. The van der Waals surface area contributed by atoms with Crippen molar-refractivity contribution in [3.63, 3.8) is 0 Å². The second-order valence-electron chi connectivity index (χ2n) is 18.3. The van der Waals surface area contributed by atoms with E-state index in [1.54, 1.807) is 42.5 Å². The lowest BCUT2D eigenvalue weighted by atomic mass is 9.36. The fraction of sp³-hybridized carbons (Fsp3) is 0.0370. The first-order chi connectivity index (χ1) is 36.3. The molecular weight excluding hydrogens is 1080 g/mol. The molecule has 0 aliphatic carbocycles. The smallest absolute Gasteiger partial charge is 0.204 e. The van der Waals surface area contributed by atoms with Gasteiger partial charge in [0.2, 0.25) is 0 Å². The van der Waals surface area contributed by atoms with Crippen LogP contribution in [0.3, 0.4) is 0 Å². The molecule has 9 aromatic carbocycles. The zero-order chi connectivity index (χ0) is 55.8. The van der Waals surface area contributed by atoms with E-state index < -0.39 is 171 Å². The van der Waals surface area contributed by atoms with Crippen LogP contribution in [0.25, 0.3) is 44.2 Å². The van der Waals surface area contributed by atoms with Gasteiger partial charge in [-0.2, -0.15) is 0 Å². The number of fused-ring (bicyclic) bond motifs is 2. The van der Waals surface area contributed by atoms with Gasteiger partial charge in [-0.15, -0.1) is 0 Å². The Morgan fingerprint density at radius 3 is 0.935 bits per heavy atom. The van der Waals surface area contributed by atoms with Crippen molar-refractivity contribution in [3.05, 3.63) is 213 Å². The molecule has 1 heterocycles. The third kappa shape index (κ3) is 7.76. The molecule has 0 amide bonds. The molecule has 9 aromatic rings. The standard InChI is InChI=1S/C54H22B2F20Si/c1-77(2)28-5-3-4-26-24(20-8-13-23(14-9-20)56(33-39(61)47(69)53(75)48(70)40(33)62)34-41(63)49(71)54(76)50(72)42(34)64)16-17-27(30(26)28)25-15-10-21(18-29(25)77)19-6-11-22(12-7-19)55(31-35(57)43(65)51(73)44(66)36(31)58)32-37(59)45(67)52(74)46(68)38(32)60/h3-18H,1-2H3. The summed E-state index contributed by atoms with van der Waals surface area (Å²) in [7, 11) is -2.86. The van der Waals surface area contributed by atoms with E-state index in [1.807, 2.05) is 19.2 Å². The van der Waals surface area contributed by atoms with E-state index >= 15 is 35.1 Å². The average molecular weight is 1100 g/mol. The van der Waals surface area contributed by atoms with E-state index in [2.05, 4.69) is 0 Å². The molecule has 0 bridgehead atoms. The fourth-order valence-electron chi connectivity index (χ4n) is 10.2. The Hall–Kier alpha value is -7.81. The third-order valence-electron chi connectivity index (χ3n) is 14.0. The summed E-state index contributed by atoms with van der Waals surface area (Å²) in [5.41, 5.74) is -6.06. The summed E-state index contributed by atoms with van der Waals surface area (Å²) in [6.07, 6.45) is 0. The lowest BCUT2D eigenvalue weighted by Gasteiger charge is -2.34. The molecule has 1 aliphatic rings. The highest BCUT2D eigenvalue weighted by Crippen LogP contribution is 2.39. The van der Waals surface area contributed by atoms with Crippen molar-refractivity contribution in [2.24, 2.45) is 0 Å². The largest absolute Gasteiger partial charge is 0.257 e. The molecule has 77 heavy (non-hydrogen) atoms. The minimum Gasteiger partial charge on any atom is -0.204 e. The van der Waals surface area contributed by atoms with E-state index in [0.29, 0.717) is 33.2 Å². The minimum atomic E-state index is -2.86. The van der Waals surface area contributed by atoms with Crippen molar-refractivity contribution in [1.29, 1.82) is 0 Å². The highest BCUT2D eigenvalue weighted by Gasteiger charge is 2.43. The number of rotatable bonds is 8. The summed E-state index contributed by atoms with van der Waals surface area (Å²) in [6.45, 7) is -1.62. The second-order valence-corrected chi connectivity index (χ2v) is 22.6. The van der Waals surface area contributed by atoms with Gasteiger partial charge >= 0.3 is 0 Å². The van der Waals surface area contributed by atoms with Crippen molar-refractivity contribution >= 4 is 75.4 Å². The first-order valence-corrected chi connectivity index (χ1v) is 25.3. The lowest BCUT2D eigenvalue weighted by molar-refractivity contribution is 0.382. The fourth-order valence-corrected chi connectivity index (χ4v) is 13.3. The normalized spacial score (nSPS) is 12.6. The molecule has 1 aliphatic heterocycles. The van der Waals surface area contributed by atoms with Crippen LogP contribution in [0.4, 0.5) is 87.8 Å². The van der Waals surface area contributed by atoms with E-state index in [4.69, 9.17) is 0 Å². The maximum Gasteiger partial charge on any atom is 0.257 e. The van der Waals surface area contributed by atoms with Gasteiger partial charge in [-0.1, -0.05) is 121 Å². The number of benzene rings is 9. The van der Waals surface area contributed by atoms with E-state index in [0.717, 1.165) is 40.0 Å². The van der Waals surface area contributed by atoms with Gasteiger partial charge in [-0.25, -0.2) is 87.8 Å². The molecule has 0 radical (unpaired) electrons. The van der Waals surface area contributed by atoms with E-state index in [9.17, 15) is 52.7 Å². The Bertz CT molecular complexity index is 3780. The van der Waals surface area contributed by atoms with Gasteiger partial charge in [0, 0.05) is 21.9 Å². The summed E-state index contributed by atoms with van der Waals surface area (Å²) < 4.78 is 296. The molecule has 0 atom stereocenters. The van der Waals surface area contributed by atoms with Gasteiger partial charge < -0.3 is 0 Å². The molecule has 0 nitrogen and oxygen atoms in total. The van der Waals surface area contributed by atoms with Crippen LogP contribution in [0.1, 0.15) is 0 Å². The van der Waals surface area contributed by atoms with Crippen molar-refractivity contribution < 1.29 is 87.8 Å². The predicted octanol–water partition coefficient (Wildman–Crippen LogP) is 10.8. The number of hydrogen-bond acceptors (Lipinski definition) is 0. The quantitative estimate of drug-likeness (QED) is 0.0616. The molecule has 0 saturated carbocycles. The third-order valence-corrected chi connectivity index (χ3v) is 17.5. The maximum atomic E-state index is 15.4.